The van der Waals surface area contributed by atoms with Crippen molar-refractivity contribution in [3.63, 3.8) is 0 Å². The second kappa shape index (κ2) is 4.07. The molecule has 4 heteroatoms. The lowest BCUT2D eigenvalue weighted by atomic mass is 9.93. The fraction of sp³-hybridized carbons (Fsp3) is 0.667. The average Bonchev–Trinajstić information content (AvgIpc) is 2.55. The zero-order chi connectivity index (χ0) is 9.90. The number of nitrogens with two attached hydrogens (primary N) is 1. The van der Waals surface area contributed by atoms with Gasteiger partial charge in [0.25, 0.3) is 0 Å². The summed E-state index contributed by atoms with van der Waals surface area (Å²) >= 11 is 1.66. The summed E-state index contributed by atoms with van der Waals surface area (Å²) in [4.78, 5) is 6.39. The number of hydrogen-bond acceptors (Lipinski definition) is 4. The lowest BCUT2D eigenvalue weighted by Gasteiger charge is -2.28. The van der Waals surface area contributed by atoms with E-state index >= 15 is 0 Å². The topological polar surface area (TPSA) is 42.1 Å². The first-order chi connectivity index (χ1) is 6.05. The van der Waals surface area contributed by atoms with Gasteiger partial charge in [0.05, 0.1) is 0 Å². The molecule has 3 nitrogen and oxygen atoms in total. The van der Waals surface area contributed by atoms with Crippen molar-refractivity contribution in [1.82, 2.24) is 4.98 Å². The molecular formula is C9H17N3S. The van der Waals surface area contributed by atoms with Crippen LogP contribution < -0.4 is 10.6 Å². The molecule has 0 unspecified atom stereocenters. The van der Waals surface area contributed by atoms with E-state index in [-0.39, 0.29) is 5.41 Å². The van der Waals surface area contributed by atoms with Crippen molar-refractivity contribution in [3.05, 3.63) is 11.6 Å². The van der Waals surface area contributed by atoms with E-state index in [1.165, 1.54) is 0 Å². The van der Waals surface area contributed by atoms with Crippen LogP contribution in [0, 0.1) is 5.41 Å². The van der Waals surface area contributed by atoms with Gasteiger partial charge in [-0.25, -0.2) is 4.98 Å². The summed E-state index contributed by atoms with van der Waals surface area (Å²) in [5.74, 6) is 0. The second-order valence-corrected chi connectivity index (χ2v) is 4.91. The van der Waals surface area contributed by atoms with Crippen molar-refractivity contribution in [1.29, 1.82) is 0 Å². The Bertz CT molecular complexity index is 243. The molecule has 2 N–H and O–H groups in total. The molecular weight excluding hydrogens is 182 g/mol. The molecule has 0 atom stereocenters. The van der Waals surface area contributed by atoms with Crippen LogP contribution in [-0.2, 0) is 0 Å². The molecule has 1 aromatic rings. The van der Waals surface area contributed by atoms with E-state index in [4.69, 9.17) is 5.73 Å². The summed E-state index contributed by atoms with van der Waals surface area (Å²) in [5, 5.41) is 3.04. The summed E-state index contributed by atoms with van der Waals surface area (Å²) < 4.78 is 0. The fourth-order valence-electron chi connectivity index (χ4n) is 1.18. The highest BCUT2D eigenvalue weighted by Gasteiger charge is 2.19. The molecule has 0 aliphatic rings. The third-order valence-corrected chi connectivity index (χ3v) is 2.85. The average molecular weight is 199 g/mol. The number of hydrogen-bond donors (Lipinski definition) is 1. The van der Waals surface area contributed by atoms with Crippen LogP contribution in [-0.4, -0.2) is 25.1 Å². The summed E-state index contributed by atoms with van der Waals surface area (Å²) in [6.45, 7) is 5.97. The first kappa shape index (κ1) is 10.5. The highest BCUT2D eigenvalue weighted by Crippen LogP contribution is 2.21. The zero-order valence-corrected chi connectivity index (χ0v) is 9.27. The highest BCUT2D eigenvalue weighted by molar-refractivity contribution is 7.13. The summed E-state index contributed by atoms with van der Waals surface area (Å²) in [5.41, 5.74) is 5.82. The van der Waals surface area contributed by atoms with Gasteiger partial charge in [-0.05, 0) is 12.0 Å². The molecule has 1 heterocycles. The third kappa shape index (κ3) is 2.97. The Morgan fingerprint density at radius 1 is 1.62 bits per heavy atom. The Hall–Kier alpha value is -0.610. The monoisotopic (exact) mass is 199 g/mol. The molecule has 0 radical (unpaired) electrons. The lowest BCUT2D eigenvalue weighted by molar-refractivity contribution is 0.385. The Balaban J connectivity index is 2.56. The van der Waals surface area contributed by atoms with Gasteiger partial charge in [-0.15, -0.1) is 11.3 Å². The predicted molar refractivity (Wildman–Crippen MR) is 58.2 cm³/mol. The highest BCUT2D eigenvalue weighted by atomic mass is 32.1. The molecule has 0 spiro atoms. The molecule has 1 aromatic heterocycles. The van der Waals surface area contributed by atoms with Crippen molar-refractivity contribution in [2.24, 2.45) is 11.1 Å². The van der Waals surface area contributed by atoms with Gasteiger partial charge in [-0.2, -0.15) is 0 Å². The van der Waals surface area contributed by atoms with Crippen LogP contribution in [0.3, 0.4) is 0 Å². The van der Waals surface area contributed by atoms with E-state index < -0.39 is 0 Å². The standard InChI is InChI=1S/C9H17N3S/c1-9(2,6-10)7-12(3)8-11-4-5-13-8/h4-5H,6-7,10H2,1-3H3. The van der Waals surface area contributed by atoms with Crippen molar-refractivity contribution in [2.45, 2.75) is 13.8 Å². The summed E-state index contributed by atoms with van der Waals surface area (Å²) in [7, 11) is 2.05. The van der Waals surface area contributed by atoms with E-state index in [9.17, 15) is 0 Å². The largest absolute Gasteiger partial charge is 0.351 e. The number of anilines is 1. The molecule has 0 aliphatic heterocycles. The number of nitrogens with zero attached hydrogens (tertiary/aromatic N) is 2. The van der Waals surface area contributed by atoms with Crippen LogP contribution in [0.4, 0.5) is 5.13 Å². The van der Waals surface area contributed by atoms with Crippen LogP contribution in [0.1, 0.15) is 13.8 Å². The van der Waals surface area contributed by atoms with Gasteiger partial charge in [-0.3, -0.25) is 0 Å². The van der Waals surface area contributed by atoms with Crippen LogP contribution in [0.25, 0.3) is 0 Å². The lowest BCUT2D eigenvalue weighted by Crippen LogP contribution is -2.36. The summed E-state index contributed by atoms with van der Waals surface area (Å²) in [6.07, 6.45) is 1.83. The van der Waals surface area contributed by atoms with Crippen LogP contribution in [0.15, 0.2) is 11.6 Å². The van der Waals surface area contributed by atoms with Crippen LogP contribution in [0.2, 0.25) is 0 Å². The second-order valence-electron chi connectivity index (χ2n) is 4.04. The molecule has 13 heavy (non-hydrogen) atoms. The molecule has 74 valence electrons. The SMILES string of the molecule is CN(CC(C)(C)CN)c1nccs1. The zero-order valence-electron chi connectivity index (χ0n) is 8.45. The maximum absolute atomic E-state index is 5.66. The van der Waals surface area contributed by atoms with Crippen molar-refractivity contribution in [2.75, 3.05) is 25.0 Å². The molecule has 0 fully saturated rings. The maximum atomic E-state index is 5.66. The first-order valence-corrected chi connectivity index (χ1v) is 5.24. The maximum Gasteiger partial charge on any atom is 0.184 e. The number of aromatic nitrogens is 1. The van der Waals surface area contributed by atoms with E-state index in [1.54, 1.807) is 11.3 Å². The smallest absolute Gasteiger partial charge is 0.184 e. The minimum Gasteiger partial charge on any atom is -0.351 e. The quantitative estimate of drug-likeness (QED) is 0.800. The fourth-order valence-corrected chi connectivity index (χ4v) is 1.79. The molecule has 0 saturated heterocycles. The van der Waals surface area contributed by atoms with Crippen LogP contribution in [0.5, 0.6) is 0 Å². The predicted octanol–water partition coefficient (Wildman–Crippen LogP) is 1.56. The number of thiazole rings is 1. The number of rotatable bonds is 4. The minimum atomic E-state index is 0.153. The Labute approximate surface area is 83.6 Å². The van der Waals surface area contributed by atoms with E-state index in [0.717, 1.165) is 11.7 Å². The first-order valence-electron chi connectivity index (χ1n) is 4.36. The van der Waals surface area contributed by atoms with Crippen molar-refractivity contribution >= 4 is 16.5 Å². The van der Waals surface area contributed by atoms with Gasteiger partial charge >= 0.3 is 0 Å². The van der Waals surface area contributed by atoms with Crippen molar-refractivity contribution in [3.8, 4) is 0 Å². The van der Waals surface area contributed by atoms with Crippen LogP contribution >= 0.6 is 11.3 Å². The Morgan fingerprint density at radius 3 is 2.77 bits per heavy atom. The van der Waals surface area contributed by atoms with Gasteiger partial charge < -0.3 is 10.6 Å². The Kier molecular flexibility index (Phi) is 3.27. The molecule has 0 amide bonds. The molecule has 0 aromatic carbocycles. The Morgan fingerprint density at radius 2 is 2.31 bits per heavy atom. The summed E-state index contributed by atoms with van der Waals surface area (Å²) in [6, 6.07) is 0. The normalized spacial score (nSPS) is 11.7. The van der Waals surface area contributed by atoms with Gasteiger partial charge in [0.2, 0.25) is 0 Å². The van der Waals surface area contributed by atoms with Gasteiger partial charge in [0.1, 0.15) is 0 Å². The van der Waals surface area contributed by atoms with E-state index in [0.29, 0.717) is 6.54 Å². The third-order valence-electron chi connectivity index (χ3n) is 1.96. The minimum absolute atomic E-state index is 0.153. The van der Waals surface area contributed by atoms with Crippen molar-refractivity contribution < 1.29 is 0 Å². The van der Waals surface area contributed by atoms with Gasteiger partial charge in [0, 0.05) is 25.2 Å². The van der Waals surface area contributed by atoms with Gasteiger partial charge in [-0.1, -0.05) is 13.8 Å². The van der Waals surface area contributed by atoms with E-state index in [2.05, 4.69) is 30.8 Å². The van der Waals surface area contributed by atoms with E-state index in [1.807, 2.05) is 11.6 Å². The molecule has 0 saturated carbocycles. The molecule has 1 rings (SSSR count). The molecule has 0 aliphatic carbocycles. The van der Waals surface area contributed by atoms with Gasteiger partial charge in [0.15, 0.2) is 5.13 Å². The molecule has 0 bridgehead atoms.